The summed E-state index contributed by atoms with van der Waals surface area (Å²) in [4.78, 5) is 18.2. The molecule has 0 spiro atoms. The van der Waals surface area contributed by atoms with E-state index >= 15 is 0 Å². The summed E-state index contributed by atoms with van der Waals surface area (Å²) in [7, 11) is 1.54. The number of ether oxygens (including phenoxy) is 1. The van der Waals surface area contributed by atoms with E-state index in [4.69, 9.17) is 4.74 Å². The Labute approximate surface area is 108 Å². The van der Waals surface area contributed by atoms with Crippen LogP contribution in [0.15, 0.2) is 12.3 Å². The summed E-state index contributed by atoms with van der Waals surface area (Å²) in [6, 6.07) is 1.83. The molecule has 1 fully saturated rings. The van der Waals surface area contributed by atoms with Gasteiger partial charge in [0.25, 0.3) is 5.91 Å². The van der Waals surface area contributed by atoms with E-state index in [0.29, 0.717) is 11.4 Å². The molecule has 0 saturated carbocycles. The van der Waals surface area contributed by atoms with E-state index in [2.05, 4.69) is 27.6 Å². The van der Waals surface area contributed by atoms with Crippen LogP contribution in [0.25, 0.3) is 0 Å². The minimum Gasteiger partial charge on any atom is -0.480 e. The molecule has 1 aromatic heterocycles. The van der Waals surface area contributed by atoms with Crippen molar-refractivity contribution in [1.29, 1.82) is 0 Å². The van der Waals surface area contributed by atoms with Crippen LogP contribution >= 0.6 is 22.6 Å². The zero-order valence-corrected chi connectivity index (χ0v) is 11.2. The largest absolute Gasteiger partial charge is 0.480 e. The lowest BCUT2D eigenvalue weighted by atomic mass is 10.2. The Balaban J connectivity index is 2.34. The van der Waals surface area contributed by atoms with Crippen molar-refractivity contribution in [3.8, 4) is 5.88 Å². The highest BCUT2D eigenvalue weighted by atomic mass is 127. The number of likely N-dealkylation sites (tertiary alicyclic amines) is 1. The van der Waals surface area contributed by atoms with Gasteiger partial charge in [-0.1, -0.05) is 0 Å². The second-order valence-electron chi connectivity index (χ2n) is 3.68. The molecule has 86 valence electrons. The van der Waals surface area contributed by atoms with E-state index in [1.54, 1.807) is 13.3 Å². The number of amides is 1. The van der Waals surface area contributed by atoms with Crippen LogP contribution in [0.3, 0.4) is 0 Å². The number of pyridine rings is 1. The highest BCUT2D eigenvalue weighted by Gasteiger charge is 2.25. The normalized spacial score (nSPS) is 15.2. The summed E-state index contributed by atoms with van der Waals surface area (Å²) in [5.74, 6) is 0.454. The van der Waals surface area contributed by atoms with Crippen LogP contribution in [-0.4, -0.2) is 36.0 Å². The third kappa shape index (κ3) is 2.14. The Morgan fingerprint density at radius 1 is 1.50 bits per heavy atom. The van der Waals surface area contributed by atoms with Crippen molar-refractivity contribution in [2.24, 2.45) is 0 Å². The molecular formula is C11H13IN2O2. The van der Waals surface area contributed by atoms with E-state index in [1.165, 1.54) is 0 Å². The maximum absolute atomic E-state index is 12.2. The molecule has 0 radical (unpaired) electrons. The number of nitrogens with zero attached hydrogens (tertiary/aromatic N) is 2. The first kappa shape index (κ1) is 11.6. The zero-order valence-electron chi connectivity index (χ0n) is 9.07. The quantitative estimate of drug-likeness (QED) is 0.778. The molecule has 0 unspecified atom stereocenters. The second kappa shape index (κ2) is 4.99. The number of hydrogen-bond donors (Lipinski definition) is 0. The molecule has 1 amide bonds. The number of halogens is 1. The fraction of sp³-hybridized carbons (Fsp3) is 0.455. The highest BCUT2D eigenvalue weighted by molar-refractivity contribution is 14.1. The smallest absolute Gasteiger partial charge is 0.260 e. The molecule has 1 aliphatic rings. The molecule has 2 heterocycles. The van der Waals surface area contributed by atoms with Gasteiger partial charge in [0.05, 0.1) is 7.11 Å². The van der Waals surface area contributed by atoms with Gasteiger partial charge >= 0.3 is 0 Å². The molecule has 1 saturated heterocycles. The summed E-state index contributed by atoms with van der Waals surface area (Å²) in [5, 5.41) is 0. The van der Waals surface area contributed by atoms with Crippen LogP contribution in [0.2, 0.25) is 0 Å². The van der Waals surface area contributed by atoms with Crippen molar-refractivity contribution in [2.45, 2.75) is 12.8 Å². The number of methoxy groups -OCH3 is 1. The molecule has 0 bridgehead atoms. The number of aromatic nitrogens is 1. The van der Waals surface area contributed by atoms with Crippen LogP contribution in [0.4, 0.5) is 0 Å². The van der Waals surface area contributed by atoms with Gasteiger partial charge < -0.3 is 9.64 Å². The summed E-state index contributed by atoms with van der Waals surface area (Å²) < 4.78 is 6.03. The Bertz CT molecular complexity index is 403. The van der Waals surface area contributed by atoms with Crippen LogP contribution in [0.5, 0.6) is 5.88 Å². The molecule has 1 aliphatic heterocycles. The lowest BCUT2D eigenvalue weighted by Crippen LogP contribution is -2.28. The molecule has 2 rings (SSSR count). The molecule has 1 aromatic rings. The third-order valence-electron chi connectivity index (χ3n) is 2.67. The van der Waals surface area contributed by atoms with Gasteiger partial charge in [0, 0.05) is 22.9 Å². The Morgan fingerprint density at radius 2 is 2.19 bits per heavy atom. The molecular weight excluding hydrogens is 319 g/mol. The Kier molecular flexibility index (Phi) is 3.63. The van der Waals surface area contributed by atoms with Crippen LogP contribution in [0.1, 0.15) is 23.2 Å². The fourth-order valence-electron chi connectivity index (χ4n) is 1.85. The maximum atomic E-state index is 12.2. The molecule has 0 N–H and O–H groups in total. The van der Waals surface area contributed by atoms with E-state index in [0.717, 1.165) is 29.5 Å². The van der Waals surface area contributed by atoms with E-state index in [9.17, 15) is 4.79 Å². The van der Waals surface area contributed by atoms with Crippen molar-refractivity contribution in [1.82, 2.24) is 9.88 Å². The summed E-state index contributed by atoms with van der Waals surface area (Å²) in [5.41, 5.74) is 0.590. The van der Waals surface area contributed by atoms with Gasteiger partial charge in [0.1, 0.15) is 5.56 Å². The maximum Gasteiger partial charge on any atom is 0.260 e. The van der Waals surface area contributed by atoms with Crippen molar-refractivity contribution >= 4 is 28.5 Å². The van der Waals surface area contributed by atoms with Crippen LogP contribution < -0.4 is 4.74 Å². The summed E-state index contributed by atoms with van der Waals surface area (Å²) >= 11 is 2.14. The second-order valence-corrected chi connectivity index (χ2v) is 4.84. The topological polar surface area (TPSA) is 42.4 Å². The number of rotatable bonds is 2. The first-order chi connectivity index (χ1) is 7.74. The van der Waals surface area contributed by atoms with E-state index < -0.39 is 0 Å². The lowest BCUT2D eigenvalue weighted by molar-refractivity contribution is 0.0787. The summed E-state index contributed by atoms with van der Waals surface area (Å²) in [6.07, 6.45) is 3.83. The predicted octanol–water partition coefficient (Wildman–Crippen LogP) is 1.93. The number of hydrogen-bond acceptors (Lipinski definition) is 3. The van der Waals surface area contributed by atoms with Crippen molar-refractivity contribution in [3.63, 3.8) is 0 Å². The molecule has 0 atom stereocenters. The van der Waals surface area contributed by atoms with Gasteiger partial charge in [-0.2, -0.15) is 0 Å². The molecule has 16 heavy (non-hydrogen) atoms. The van der Waals surface area contributed by atoms with Gasteiger partial charge in [-0.15, -0.1) is 0 Å². The third-order valence-corrected chi connectivity index (χ3v) is 3.56. The highest BCUT2D eigenvalue weighted by Crippen LogP contribution is 2.24. The van der Waals surface area contributed by atoms with Gasteiger partial charge in [0.15, 0.2) is 0 Å². The first-order valence-electron chi connectivity index (χ1n) is 5.22. The predicted molar refractivity (Wildman–Crippen MR) is 68.6 cm³/mol. The average Bonchev–Trinajstić information content (AvgIpc) is 2.81. The van der Waals surface area contributed by atoms with E-state index in [-0.39, 0.29) is 5.91 Å². The molecule has 0 aromatic carbocycles. The van der Waals surface area contributed by atoms with Crippen molar-refractivity contribution in [2.75, 3.05) is 20.2 Å². The van der Waals surface area contributed by atoms with Gasteiger partial charge in [-0.05, 0) is 41.5 Å². The molecule has 4 nitrogen and oxygen atoms in total. The minimum atomic E-state index is 0.0341. The van der Waals surface area contributed by atoms with Gasteiger partial charge in [0.2, 0.25) is 5.88 Å². The summed E-state index contributed by atoms with van der Waals surface area (Å²) in [6.45, 7) is 1.68. The van der Waals surface area contributed by atoms with Crippen molar-refractivity contribution in [3.05, 3.63) is 21.4 Å². The molecule has 0 aliphatic carbocycles. The Morgan fingerprint density at radius 3 is 2.81 bits per heavy atom. The van der Waals surface area contributed by atoms with Crippen molar-refractivity contribution < 1.29 is 9.53 Å². The SMILES string of the molecule is COc1nccc(I)c1C(=O)N1CCCC1. The molecule has 5 heteroatoms. The minimum absolute atomic E-state index is 0.0341. The average molecular weight is 332 g/mol. The number of carbonyl (C=O) groups is 1. The van der Waals surface area contributed by atoms with Crippen LogP contribution in [0, 0.1) is 3.57 Å². The van der Waals surface area contributed by atoms with Gasteiger partial charge in [-0.3, -0.25) is 4.79 Å². The fourth-order valence-corrected chi connectivity index (χ4v) is 2.47. The monoisotopic (exact) mass is 332 g/mol. The lowest BCUT2D eigenvalue weighted by Gasteiger charge is -2.17. The Hall–Kier alpha value is -0.850. The standard InChI is InChI=1S/C11H13IN2O2/c1-16-10-9(8(12)4-5-13-10)11(15)14-6-2-3-7-14/h4-5H,2-3,6-7H2,1H3. The van der Waals surface area contributed by atoms with Crippen LogP contribution in [-0.2, 0) is 0 Å². The van der Waals surface area contributed by atoms with Gasteiger partial charge in [-0.25, -0.2) is 4.98 Å². The van der Waals surface area contributed by atoms with E-state index in [1.807, 2.05) is 11.0 Å². The number of carbonyl (C=O) groups excluding carboxylic acids is 1. The first-order valence-corrected chi connectivity index (χ1v) is 6.29. The zero-order chi connectivity index (χ0) is 11.5.